The van der Waals surface area contributed by atoms with E-state index < -0.39 is 11.9 Å². The summed E-state index contributed by atoms with van der Waals surface area (Å²) in [6, 6.07) is 1.48. The molecule has 0 saturated heterocycles. The van der Waals surface area contributed by atoms with Crippen molar-refractivity contribution < 1.29 is 23.9 Å². The number of aromatic nitrogens is 1. The van der Waals surface area contributed by atoms with Crippen LogP contribution in [0.3, 0.4) is 0 Å². The molecule has 1 aliphatic rings. The highest BCUT2D eigenvalue weighted by molar-refractivity contribution is 8.00. The highest BCUT2D eigenvalue weighted by Gasteiger charge is 2.29. The van der Waals surface area contributed by atoms with Gasteiger partial charge in [-0.05, 0) is 26.8 Å². The van der Waals surface area contributed by atoms with E-state index >= 15 is 0 Å². The lowest BCUT2D eigenvalue weighted by molar-refractivity contribution is -0.137. The summed E-state index contributed by atoms with van der Waals surface area (Å²) in [6.07, 6.45) is 1.75. The standard InChI is InChI=1S/C15H17NO5S/c1-4-20-13(18)6-11-8-22-14-12(15(19)21-9(2)3)5-10(7-17)16(11)14/h5-7,9H,4,8H2,1-3H3. The van der Waals surface area contributed by atoms with Gasteiger partial charge in [-0.3, -0.25) is 4.79 Å². The molecule has 2 heterocycles. The number of fused-ring (bicyclic) bond motifs is 1. The molecule has 0 spiro atoms. The van der Waals surface area contributed by atoms with E-state index in [2.05, 4.69) is 0 Å². The van der Waals surface area contributed by atoms with Crippen LogP contribution in [-0.2, 0) is 14.3 Å². The number of nitrogens with zero attached hydrogens (tertiary/aromatic N) is 1. The first kappa shape index (κ1) is 16.4. The fourth-order valence-electron chi connectivity index (χ4n) is 2.09. The molecule has 0 amide bonds. The van der Waals surface area contributed by atoms with Crippen molar-refractivity contribution in [3.63, 3.8) is 0 Å². The summed E-state index contributed by atoms with van der Waals surface area (Å²) in [5.74, 6) is -0.461. The Morgan fingerprint density at radius 2 is 2.18 bits per heavy atom. The average molecular weight is 323 g/mol. The average Bonchev–Trinajstić information content (AvgIpc) is 2.99. The van der Waals surface area contributed by atoms with Gasteiger partial charge in [-0.15, -0.1) is 11.8 Å². The second kappa shape index (κ2) is 6.83. The van der Waals surface area contributed by atoms with E-state index in [4.69, 9.17) is 9.47 Å². The number of aldehydes is 1. The Labute approximate surface area is 132 Å². The Balaban J connectivity index is 2.40. The van der Waals surface area contributed by atoms with Crippen LogP contribution < -0.4 is 0 Å². The van der Waals surface area contributed by atoms with Crippen LogP contribution in [0.2, 0.25) is 0 Å². The smallest absolute Gasteiger partial charge is 0.341 e. The summed E-state index contributed by atoms with van der Waals surface area (Å²) < 4.78 is 11.7. The van der Waals surface area contributed by atoms with E-state index in [9.17, 15) is 14.4 Å². The van der Waals surface area contributed by atoms with E-state index in [0.29, 0.717) is 34.0 Å². The third-order valence-corrected chi connectivity index (χ3v) is 4.00. The molecule has 1 aromatic rings. The maximum atomic E-state index is 12.1. The van der Waals surface area contributed by atoms with Crippen LogP contribution >= 0.6 is 11.8 Å². The first-order valence-corrected chi connectivity index (χ1v) is 7.88. The van der Waals surface area contributed by atoms with Crippen LogP contribution in [0, 0.1) is 0 Å². The zero-order valence-corrected chi connectivity index (χ0v) is 13.4. The van der Waals surface area contributed by atoms with Gasteiger partial charge in [0.1, 0.15) is 0 Å². The number of esters is 2. The monoisotopic (exact) mass is 323 g/mol. The molecule has 0 unspecified atom stereocenters. The molecule has 6 nitrogen and oxygen atoms in total. The number of thioether (sulfide) groups is 1. The van der Waals surface area contributed by atoms with Gasteiger partial charge in [-0.1, -0.05) is 0 Å². The molecule has 1 aromatic heterocycles. The number of rotatable bonds is 5. The molecule has 0 radical (unpaired) electrons. The molecule has 2 rings (SSSR count). The Kier molecular flexibility index (Phi) is 5.07. The Morgan fingerprint density at radius 3 is 2.77 bits per heavy atom. The van der Waals surface area contributed by atoms with Gasteiger partial charge >= 0.3 is 11.9 Å². The van der Waals surface area contributed by atoms with Crippen LogP contribution in [0.15, 0.2) is 17.2 Å². The number of ether oxygens (including phenoxy) is 2. The minimum atomic E-state index is -0.475. The molecule has 0 fully saturated rings. The lowest BCUT2D eigenvalue weighted by atomic mass is 10.3. The summed E-state index contributed by atoms with van der Waals surface area (Å²) in [5.41, 5.74) is 1.27. The first-order valence-electron chi connectivity index (χ1n) is 6.90. The van der Waals surface area contributed by atoms with E-state index in [-0.39, 0.29) is 12.7 Å². The van der Waals surface area contributed by atoms with E-state index in [1.54, 1.807) is 25.3 Å². The summed E-state index contributed by atoms with van der Waals surface area (Å²) >= 11 is 1.38. The van der Waals surface area contributed by atoms with Crippen molar-refractivity contribution in [1.29, 1.82) is 0 Å². The molecule has 0 saturated carbocycles. The molecule has 7 heteroatoms. The molecule has 0 bridgehead atoms. The van der Waals surface area contributed by atoms with E-state index in [0.717, 1.165) is 0 Å². The number of carbonyl (C=O) groups excluding carboxylic acids is 3. The lowest BCUT2D eigenvalue weighted by Crippen LogP contribution is -2.11. The van der Waals surface area contributed by atoms with Gasteiger partial charge in [0.05, 0.1) is 29.0 Å². The third-order valence-electron chi connectivity index (χ3n) is 2.88. The highest BCUT2D eigenvalue weighted by Crippen LogP contribution is 2.38. The van der Waals surface area contributed by atoms with Crippen LogP contribution in [-0.4, -0.2) is 41.3 Å². The fraction of sp³-hybridized carbons (Fsp3) is 0.400. The third kappa shape index (κ3) is 3.24. The number of hydrogen-bond donors (Lipinski definition) is 0. The fourth-order valence-corrected chi connectivity index (χ4v) is 3.24. The molecule has 0 N–H and O–H groups in total. The summed E-state index contributed by atoms with van der Waals surface area (Å²) in [7, 11) is 0. The van der Waals surface area contributed by atoms with Gasteiger partial charge < -0.3 is 14.0 Å². The molecule has 1 aliphatic heterocycles. The highest BCUT2D eigenvalue weighted by atomic mass is 32.2. The van der Waals surface area contributed by atoms with Gasteiger partial charge in [-0.25, -0.2) is 9.59 Å². The predicted octanol–water partition coefficient (Wildman–Crippen LogP) is 2.38. The van der Waals surface area contributed by atoms with Crippen molar-refractivity contribution in [2.24, 2.45) is 0 Å². The quantitative estimate of drug-likeness (QED) is 0.470. The second-order valence-corrected chi connectivity index (χ2v) is 5.84. The molecular formula is C15H17NO5S. The lowest BCUT2D eigenvalue weighted by Gasteiger charge is -2.07. The first-order chi connectivity index (χ1) is 10.5. The Hall–Kier alpha value is -2.02. The van der Waals surface area contributed by atoms with Crippen molar-refractivity contribution >= 4 is 35.7 Å². The molecule has 118 valence electrons. The molecule has 0 atom stereocenters. The van der Waals surface area contributed by atoms with E-state index in [1.807, 2.05) is 0 Å². The topological polar surface area (TPSA) is 74.6 Å². The normalized spacial score (nSPS) is 15.0. The van der Waals surface area contributed by atoms with Crippen molar-refractivity contribution in [1.82, 2.24) is 4.57 Å². The minimum Gasteiger partial charge on any atom is -0.463 e. The Morgan fingerprint density at radius 1 is 1.45 bits per heavy atom. The molecule has 0 aliphatic carbocycles. The van der Waals surface area contributed by atoms with Gasteiger partial charge in [0, 0.05) is 17.5 Å². The molecular weight excluding hydrogens is 306 g/mol. The summed E-state index contributed by atoms with van der Waals surface area (Å²) in [4.78, 5) is 34.9. The zero-order valence-electron chi connectivity index (χ0n) is 12.6. The largest absolute Gasteiger partial charge is 0.463 e. The van der Waals surface area contributed by atoms with Crippen LogP contribution in [0.5, 0.6) is 0 Å². The zero-order chi connectivity index (χ0) is 16.3. The predicted molar refractivity (Wildman–Crippen MR) is 82.0 cm³/mol. The number of hydrogen-bond acceptors (Lipinski definition) is 6. The van der Waals surface area contributed by atoms with Crippen molar-refractivity contribution in [3.05, 3.63) is 23.4 Å². The maximum absolute atomic E-state index is 12.1. The van der Waals surface area contributed by atoms with Crippen LogP contribution in [0.1, 0.15) is 41.6 Å². The van der Waals surface area contributed by atoms with Crippen molar-refractivity contribution in [2.45, 2.75) is 31.9 Å². The maximum Gasteiger partial charge on any atom is 0.341 e. The molecule has 0 aromatic carbocycles. The minimum absolute atomic E-state index is 0.247. The summed E-state index contributed by atoms with van der Waals surface area (Å²) in [6.45, 7) is 5.51. The Bertz CT molecular complexity index is 645. The SMILES string of the molecule is CCOC(=O)C=C1CSc2c(C(=O)OC(C)C)cc(C=O)n21. The van der Waals surface area contributed by atoms with E-state index in [1.165, 1.54) is 23.9 Å². The molecule has 22 heavy (non-hydrogen) atoms. The van der Waals surface area contributed by atoms with Crippen molar-refractivity contribution in [3.8, 4) is 0 Å². The number of carbonyl (C=O) groups is 3. The van der Waals surface area contributed by atoms with Gasteiger partial charge in [0.2, 0.25) is 0 Å². The second-order valence-electron chi connectivity index (χ2n) is 4.87. The van der Waals surface area contributed by atoms with Gasteiger partial charge in [0.15, 0.2) is 6.29 Å². The van der Waals surface area contributed by atoms with Crippen LogP contribution in [0.4, 0.5) is 0 Å². The van der Waals surface area contributed by atoms with Crippen LogP contribution in [0.25, 0.3) is 5.70 Å². The summed E-state index contributed by atoms with van der Waals surface area (Å²) in [5, 5.41) is 0.614. The van der Waals surface area contributed by atoms with Gasteiger partial charge in [-0.2, -0.15) is 0 Å². The van der Waals surface area contributed by atoms with Gasteiger partial charge in [0.25, 0.3) is 0 Å². The van der Waals surface area contributed by atoms with Crippen molar-refractivity contribution in [2.75, 3.05) is 12.4 Å².